The van der Waals surface area contributed by atoms with Gasteiger partial charge in [0.15, 0.2) is 0 Å². The van der Waals surface area contributed by atoms with Crippen molar-refractivity contribution in [3.05, 3.63) is 41.7 Å². The van der Waals surface area contributed by atoms with Gasteiger partial charge in [-0.1, -0.05) is 18.2 Å². The molecule has 0 amide bonds. The van der Waals surface area contributed by atoms with Crippen LogP contribution >= 0.6 is 0 Å². The molecule has 0 aliphatic carbocycles. The zero-order chi connectivity index (χ0) is 8.10. The van der Waals surface area contributed by atoms with E-state index in [2.05, 4.69) is 0 Å². The third-order valence-electron chi connectivity index (χ3n) is 1.24. The second kappa shape index (κ2) is 3.52. The van der Waals surface area contributed by atoms with Crippen molar-refractivity contribution in [2.45, 2.75) is 0 Å². The van der Waals surface area contributed by atoms with Crippen molar-refractivity contribution >= 4 is 6.08 Å². The lowest BCUT2D eigenvalue weighted by atomic mass is 10.2. The average molecular weight is 147 g/mol. The van der Waals surface area contributed by atoms with Gasteiger partial charge >= 0.3 is 0 Å². The molecule has 2 heteroatoms. The van der Waals surface area contributed by atoms with E-state index in [1.807, 2.05) is 0 Å². The van der Waals surface area contributed by atoms with Crippen LogP contribution in [0.15, 0.2) is 30.3 Å². The van der Waals surface area contributed by atoms with E-state index >= 15 is 0 Å². The van der Waals surface area contributed by atoms with Gasteiger partial charge in [-0.05, 0) is 12.1 Å². The molecule has 0 unspecified atom stereocenters. The van der Waals surface area contributed by atoms with E-state index in [1.54, 1.807) is 24.3 Å². The standard InChI is InChI=1S/C9H6FN/c10-9-6-2-1-4-8(9)5-3-7-11/h1-6H/b5-3+. The van der Waals surface area contributed by atoms with Crippen molar-refractivity contribution in [1.82, 2.24) is 0 Å². The molecule has 0 bridgehead atoms. The summed E-state index contributed by atoms with van der Waals surface area (Å²) in [6, 6.07) is 8.10. The molecule has 1 rings (SSSR count). The molecule has 0 aliphatic rings. The Hall–Kier alpha value is -1.62. The molecule has 1 aromatic carbocycles. The van der Waals surface area contributed by atoms with Crippen LogP contribution in [0.3, 0.4) is 0 Å². The van der Waals surface area contributed by atoms with Crippen LogP contribution in [0.25, 0.3) is 6.08 Å². The van der Waals surface area contributed by atoms with Crippen LogP contribution in [0.2, 0.25) is 0 Å². The van der Waals surface area contributed by atoms with Crippen LogP contribution in [0, 0.1) is 17.1 Å². The summed E-state index contributed by atoms with van der Waals surface area (Å²) in [5.41, 5.74) is 0.439. The molecule has 0 spiro atoms. The predicted octanol–water partition coefficient (Wildman–Crippen LogP) is 2.36. The predicted molar refractivity (Wildman–Crippen MR) is 41.0 cm³/mol. The molecule has 0 N–H and O–H groups in total. The van der Waals surface area contributed by atoms with E-state index in [0.29, 0.717) is 5.56 Å². The highest BCUT2D eigenvalue weighted by molar-refractivity contribution is 5.52. The number of rotatable bonds is 1. The van der Waals surface area contributed by atoms with Crippen molar-refractivity contribution in [2.24, 2.45) is 0 Å². The zero-order valence-electron chi connectivity index (χ0n) is 5.79. The smallest absolute Gasteiger partial charge is 0.130 e. The molecule has 1 nitrogen and oxygen atoms in total. The van der Waals surface area contributed by atoms with E-state index in [1.165, 1.54) is 18.2 Å². The van der Waals surface area contributed by atoms with Crippen LogP contribution in [0.4, 0.5) is 4.39 Å². The van der Waals surface area contributed by atoms with Crippen LogP contribution < -0.4 is 0 Å². The van der Waals surface area contributed by atoms with Crippen LogP contribution in [-0.4, -0.2) is 0 Å². The average Bonchev–Trinajstić information content (AvgIpc) is 2.03. The maximum Gasteiger partial charge on any atom is 0.130 e. The molecule has 0 aromatic heterocycles. The summed E-state index contributed by atoms with van der Waals surface area (Å²) in [4.78, 5) is 0. The van der Waals surface area contributed by atoms with E-state index in [9.17, 15) is 4.39 Å². The molecule has 0 radical (unpaired) electrons. The second-order valence-corrected chi connectivity index (χ2v) is 1.98. The van der Waals surface area contributed by atoms with Gasteiger partial charge in [0.1, 0.15) is 5.82 Å². The number of nitriles is 1. The third kappa shape index (κ3) is 1.91. The first-order chi connectivity index (χ1) is 5.34. The highest BCUT2D eigenvalue weighted by Gasteiger charge is 1.93. The van der Waals surface area contributed by atoms with Crippen molar-refractivity contribution in [3.8, 4) is 6.07 Å². The van der Waals surface area contributed by atoms with Crippen LogP contribution in [-0.2, 0) is 0 Å². The number of hydrogen-bond acceptors (Lipinski definition) is 1. The lowest BCUT2D eigenvalue weighted by Crippen LogP contribution is -1.78. The molecule has 0 saturated heterocycles. The quantitative estimate of drug-likeness (QED) is 0.559. The highest BCUT2D eigenvalue weighted by atomic mass is 19.1. The van der Waals surface area contributed by atoms with Gasteiger partial charge in [0.05, 0.1) is 6.07 Å². The maximum atomic E-state index is 12.8. The van der Waals surface area contributed by atoms with Gasteiger partial charge in [-0.15, -0.1) is 0 Å². The maximum absolute atomic E-state index is 12.8. The number of hydrogen-bond donors (Lipinski definition) is 0. The largest absolute Gasteiger partial charge is 0.206 e. The van der Waals surface area contributed by atoms with Gasteiger partial charge < -0.3 is 0 Å². The van der Waals surface area contributed by atoms with Gasteiger partial charge in [0, 0.05) is 11.6 Å². The Labute approximate surface area is 64.4 Å². The number of halogens is 1. The van der Waals surface area contributed by atoms with Gasteiger partial charge in [-0.2, -0.15) is 5.26 Å². The topological polar surface area (TPSA) is 23.8 Å². The minimum atomic E-state index is -0.306. The Bertz CT molecular complexity index is 310. The molecular formula is C9H6FN. The first-order valence-corrected chi connectivity index (χ1v) is 3.15. The third-order valence-corrected chi connectivity index (χ3v) is 1.24. The molecule has 0 fully saturated rings. The van der Waals surface area contributed by atoms with Crippen molar-refractivity contribution in [3.63, 3.8) is 0 Å². The normalized spacial score (nSPS) is 9.82. The molecule has 0 aliphatic heterocycles. The fraction of sp³-hybridized carbons (Fsp3) is 0. The van der Waals surface area contributed by atoms with Crippen molar-refractivity contribution in [2.75, 3.05) is 0 Å². The molecule has 0 heterocycles. The molecule has 11 heavy (non-hydrogen) atoms. The molecule has 54 valence electrons. The Morgan fingerprint density at radius 3 is 2.73 bits per heavy atom. The lowest BCUT2D eigenvalue weighted by Gasteiger charge is -1.91. The summed E-state index contributed by atoms with van der Waals surface area (Å²) < 4.78 is 12.8. The first-order valence-electron chi connectivity index (χ1n) is 3.15. The van der Waals surface area contributed by atoms with Crippen molar-refractivity contribution in [1.29, 1.82) is 5.26 Å². The second-order valence-electron chi connectivity index (χ2n) is 1.98. The van der Waals surface area contributed by atoms with E-state index in [4.69, 9.17) is 5.26 Å². The Morgan fingerprint density at radius 1 is 1.36 bits per heavy atom. The van der Waals surface area contributed by atoms with Crippen LogP contribution in [0.1, 0.15) is 5.56 Å². The zero-order valence-corrected chi connectivity index (χ0v) is 5.79. The number of benzene rings is 1. The fourth-order valence-electron chi connectivity index (χ4n) is 0.737. The summed E-state index contributed by atoms with van der Waals surface area (Å²) in [5, 5.41) is 8.16. The minimum absolute atomic E-state index is 0.306. The Balaban J connectivity index is 2.97. The first kappa shape index (κ1) is 7.49. The SMILES string of the molecule is N#C/C=C/c1ccccc1F. The summed E-state index contributed by atoms with van der Waals surface area (Å²) in [7, 11) is 0. The Morgan fingerprint density at radius 2 is 2.09 bits per heavy atom. The van der Waals surface area contributed by atoms with E-state index in [-0.39, 0.29) is 5.82 Å². The van der Waals surface area contributed by atoms with E-state index < -0.39 is 0 Å². The van der Waals surface area contributed by atoms with Gasteiger partial charge in [-0.3, -0.25) is 0 Å². The highest BCUT2D eigenvalue weighted by Crippen LogP contribution is 2.07. The molecular weight excluding hydrogens is 141 g/mol. The van der Waals surface area contributed by atoms with Gasteiger partial charge in [0.2, 0.25) is 0 Å². The summed E-state index contributed by atoms with van der Waals surface area (Å²) in [5.74, 6) is -0.306. The summed E-state index contributed by atoms with van der Waals surface area (Å²) in [6.07, 6.45) is 2.69. The minimum Gasteiger partial charge on any atom is -0.206 e. The molecule has 1 aromatic rings. The van der Waals surface area contributed by atoms with Gasteiger partial charge in [-0.25, -0.2) is 4.39 Å². The number of allylic oxidation sites excluding steroid dienone is 1. The van der Waals surface area contributed by atoms with Crippen LogP contribution in [0.5, 0.6) is 0 Å². The monoisotopic (exact) mass is 147 g/mol. The molecule has 0 saturated carbocycles. The lowest BCUT2D eigenvalue weighted by molar-refractivity contribution is 0.625. The summed E-state index contributed by atoms with van der Waals surface area (Å²) >= 11 is 0. The number of nitrogens with zero attached hydrogens (tertiary/aromatic N) is 1. The van der Waals surface area contributed by atoms with Crippen molar-refractivity contribution < 1.29 is 4.39 Å². The van der Waals surface area contributed by atoms with Gasteiger partial charge in [0.25, 0.3) is 0 Å². The fourth-order valence-corrected chi connectivity index (χ4v) is 0.737. The summed E-state index contributed by atoms with van der Waals surface area (Å²) in [6.45, 7) is 0. The van der Waals surface area contributed by atoms with E-state index in [0.717, 1.165) is 0 Å². The molecule has 0 atom stereocenters. The Kier molecular flexibility index (Phi) is 2.40.